The number of phenols is 1. The van der Waals surface area contributed by atoms with Gasteiger partial charge in [-0.15, -0.1) is 0 Å². The maximum Gasteiger partial charge on any atom is 0.123 e. The van der Waals surface area contributed by atoms with Crippen LogP contribution in [0.25, 0.3) is 5.57 Å². The van der Waals surface area contributed by atoms with Crippen LogP contribution < -0.4 is 0 Å². The van der Waals surface area contributed by atoms with Crippen molar-refractivity contribution in [3.63, 3.8) is 0 Å². The number of rotatable bonds is 5. The van der Waals surface area contributed by atoms with E-state index in [1.165, 1.54) is 0 Å². The third-order valence-corrected chi connectivity index (χ3v) is 3.01. The lowest BCUT2D eigenvalue weighted by Gasteiger charge is -2.05. The molecule has 0 aliphatic rings. The molecule has 3 heteroatoms. The summed E-state index contributed by atoms with van der Waals surface area (Å²) in [5.41, 5.74) is 2.20. The molecule has 0 aromatic heterocycles. The molecule has 0 aliphatic carbocycles. The number of allylic oxidation sites excluding steroid dienone is 6. The quantitative estimate of drug-likeness (QED) is 0.622. The second-order valence-corrected chi connectivity index (χ2v) is 4.97. The molecule has 19 heavy (non-hydrogen) atoms. The average Bonchev–Trinajstić information content (AvgIpc) is 2.38. The number of halogens is 1. The van der Waals surface area contributed by atoms with Gasteiger partial charge in [-0.2, -0.15) is 0 Å². The minimum atomic E-state index is 0.201. The molecule has 0 saturated carbocycles. The molecule has 100 valence electrons. The molecule has 0 amide bonds. The summed E-state index contributed by atoms with van der Waals surface area (Å²) in [5, 5.41) is 9.78. The molecule has 0 unspecified atom stereocenters. The smallest absolute Gasteiger partial charge is 0.123 e. The van der Waals surface area contributed by atoms with Crippen LogP contribution in [-0.2, 0) is 4.74 Å². The highest BCUT2D eigenvalue weighted by Gasteiger charge is 2.03. The Bertz CT molecular complexity index is 554. The van der Waals surface area contributed by atoms with Crippen molar-refractivity contribution in [1.29, 1.82) is 0 Å². The van der Waals surface area contributed by atoms with Gasteiger partial charge < -0.3 is 9.84 Å². The molecular weight excluding hydrogens is 304 g/mol. The second-order valence-electron chi connectivity index (χ2n) is 4.05. The maximum atomic E-state index is 9.78. The average molecular weight is 321 g/mol. The van der Waals surface area contributed by atoms with Crippen LogP contribution in [-0.4, -0.2) is 12.2 Å². The van der Waals surface area contributed by atoms with Crippen LogP contribution in [0.15, 0.2) is 65.4 Å². The van der Waals surface area contributed by atoms with Crippen molar-refractivity contribution in [2.45, 2.75) is 6.92 Å². The van der Waals surface area contributed by atoms with Gasteiger partial charge in [-0.3, -0.25) is 0 Å². The first kappa shape index (κ1) is 15.3. The van der Waals surface area contributed by atoms with E-state index >= 15 is 0 Å². The first-order valence-corrected chi connectivity index (χ1v) is 6.50. The van der Waals surface area contributed by atoms with Gasteiger partial charge in [0, 0.05) is 10.0 Å². The van der Waals surface area contributed by atoms with Crippen molar-refractivity contribution in [2.24, 2.45) is 0 Å². The van der Waals surface area contributed by atoms with Crippen LogP contribution in [0.2, 0.25) is 0 Å². The molecule has 1 aromatic carbocycles. The highest BCUT2D eigenvalue weighted by Crippen LogP contribution is 2.28. The summed E-state index contributed by atoms with van der Waals surface area (Å²) in [4.78, 5) is 0. The number of phenolic OH excluding ortho intramolecular Hbond substituents is 1. The summed E-state index contributed by atoms with van der Waals surface area (Å²) < 4.78 is 5.94. The van der Waals surface area contributed by atoms with Gasteiger partial charge in [-0.25, -0.2) is 0 Å². The van der Waals surface area contributed by atoms with E-state index in [4.69, 9.17) is 4.74 Å². The van der Waals surface area contributed by atoms with Crippen LogP contribution in [0.4, 0.5) is 0 Å². The van der Waals surface area contributed by atoms with Crippen molar-refractivity contribution in [3.05, 3.63) is 71.0 Å². The summed E-state index contributed by atoms with van der Waals surface area (Å²) in [6.07, 6.45) is 5.46. The zero-order valence-corrected chi connectivity index (χ0v) is 12.7. The lowest BCUT2D eigenvalue weighted by molar-refractivity contribution is 0.293. The van der Waals surface area contributed by atoms with Gasteiger partial charge in [0.05, 0.1) is 12.9 Å². The number of methoxy groups -OCH3 is 1. The van der Waals surface area contributed by atoms with Gasteiger partial charge >= 0.3 is 0 Å². The molecule has 0 radical (unpaired) electrons. The molecule has 0 fully saturated rings. The fourth-order valence-electron chi connectivity index (χ4n) is 1.43. The Morgan fingerprint density at radius 3 is 2.63 bits per heavy atom. The van der Waals surface area contributed by atoms with Crippen molar-refractivity contribution in [3.8, 4) is 5.75 Å². The Morgan fingerprint density at radius 1 is 1.32 bits per heavy atom. The standard InChI is InChI=1S/C16H17BrO2/c1-11(9-13(3)19-4)5-6-12(2)15-10-14(17)7-8-16(15)18/h5-10,18H,1-2H2,3-4H3/b6-5+,13-9+. The van der Waals surface area contributed by atoms with E-state index in [0.29, 0.717) is 11.1 Å². The van der Waals surface area contributed by atoms with E-state index < -0.39 is 0 Å². The molecule has 0 spiro atoms. The Morgan fingerprint density at radius 2 is 2.00 bits per heavy atom. The van der Waals surface area contributed by atoms with Crippen LogP contribution in [0.3, 0.4) is 0 Å². The van der Waals surface area contributed by atoms with Gasteiger partial charge in [0.15, 0.2) is 0 Å². The minimum absolute atomic E-state index is 0.201. The SMILES string of the molecule is C=C(/C=C/C(=C)c1cc(Br)ccc1O)/C=C(\C)OC. The molecular formula is C16H17BrO2. The topological polar surface area (TPSA) is 29.5 Å². The summed E-state index contributed by atoms with van der Waals surface area (Å²) in [5.74, 6) is 0.984. The van der Waals surface area contributed by atoms with Crippen molar-refractivity contribution < 1.29 is 9.84 Å². The molecule has 0 heterocycles. The Kier molecular flexibility index (Phi) is 5.64. The summed E-state index contributed by atoms with van der Waals surface area (Å²) >= 11 is 3.37. The minimum Gasteiger partial charge on any atom is -0.507 e. The lowest BCUT2D eigenvalue weighted by Crippen LogP contribution is -1.83. The van der Waals surface area contributed by atoms with E-state index in [9.17, 15) is 5.11 Å². The first-order chi connectivity index (χ1) is 8.93. The zero-order valence-electron chi connectivity index (χ0n) is 11.1. The highest BCUT2D eigenvalue weighted by molar-refractivity contribution is 9.10. The predicted molar refractivity (Wildman–Crippen MR) is 83.9 cm³/mol. The van der Waals surface area contributed by atoms with Crippen molar-refractivity contribution in [1.82, 2.24) is 0 Å². The third kappa shape index (κ3) is 4.79. The number of hydrogen-bond donors (Lipinski definition) is 1. The Hall–Kier alpha value is -1.74. The van der Waals surface area contributed by atoms with Gasteiger partial charge in [0.1, 0.15) is 5.75 Å². The number of ether oxygens (including phenoxy) is 1. The fraction of sp³-hybridized carbons (Fsp3) is 0.125. The third-order valence-electron chi connectivity index (χ3n) is 2.51. The van der Waals surface area contributed by atoms with E-state index in [2.05, 4.69) is 29.1 Å². The van der Waals surface area contributed by atoms with Crippen LogP contribution in [0.1, 0.15) is 12.5 Å². The van der Waals surface area contributed by atoms with Crippen molar-refractivity contribution >= 4 is 21.5 Å². The van der Waals surface area contributed by atoms with Crippen LogP contribution in [0.5, 0.6) is 5.75 Å². The number of aromatic hydroxyl groups is 1. The molecule has 0 saturated heterocycles. The van der Waals surface area contributed by atoms with Gasteiger partial charge in [0.2, 0.25) is 0 Å². The van der Waals surface area contributed by atoms with Gasteiger partial charge in [-0.05, 0) is 42.3 Å². The van der Waals surface area contributed by atoms with E-state index in [0.717, 1.165) is 15.8 Å². The van der Waals surface area contributed by atoms with Gasteiger partial charge in [0.25, 0.3) is 0 Å². The molecule has 0 aliphatic heterocycles. The predicted octanol–water partition coefficient (Wildman–Crippen LogP) is 4.83. The summed E-state index contributed by atoms with van der Waals surface area (Å²) in [6, 6.07) is 5.22. The van der Waals surface area contributed by atoms with E-state index in [1.54, 1.807) is 19.2 Å². The number of benzene rings is 1. The normalized spacial score (nSPS) is 11.6. The van der Waals surface area contributed by atoms with Gasteiger partial charge in [-0.1, -0.05) is 41.2 Å². The number of hydrogen-bond acceptors (Lipinski definition) is 2. The molecule has 2 nitrogen and oxygen atoms in total. The molecule has 1 N–H and O–H groups in total. The largest absolute Gasteiger partial charge is 0.507 e. The van der Waals surface area contributed by atoms with E-state index in [1.807, 2.05) is 31.2 Å². The first-order valence-electron chi connectivity index (χ1n) is 5.71. The highest BCUT2D eigenvalue weighted by atomic mass is 79.9. The summed E-state index contributed by atoms with van der Waals surface area (Å²) in [6.45, 7) is 9.68. The Labute approximate surface area is 122 Å². The molecule has 1 rings (SSSR count). The van der Waals surface area contributed by atoms with Crippen molar-refractivity contribution in [2.75, 3.05) is 7.11 Å². The van der Waals surface area contributed by atoms with Crippen LogP contribution >= 0.6 is 15.9 Å². The van der Waals surface area contributed by atoms with Crippen LogP contribution in [0, 0.1) is 0 Å². The Balaban J connectivity index is 2.85. The second kappa shape index (κ2) is 7.00. The zero-order chi connectivity index (χ0) is 14.4. The molecule has 0 bridgehead atoms. The molecule has 1 aromatic rings. The monoisotopic (exact) mass is 320 g/mol. The lowest BCUT2D eigenvalue weighted by atomic mass is 10.1. The molecule has 0 atom stereocenters. The fourth-order valence-corrected chi connectivity index (χ4v) is 1.79. The van der Waals surface area contributed by atoms with E-state index in [-0.39, 0.29) is 5.75 Å². The summed E-state index contributed by atoms with van der Waals surface area (Å²) in [7, 11) is 1.61. The maximum absolute atomic E-state index is 9.78.